The van der Waals surface area contributed by atoms with Gasteiger partial charge in [0.15, 0.2) is 0 Å². The third-order valence-electron chi connectivity index (χ3n) is 3.94. The molecular formula is C12H23N3O. The molecule has 2 heterocycles. The molecule has 0 aromatic heterocycles. The average molecular weight is 225 g/mol. The minimum Gasteiger partial charge on any atom is -0.342 e. The Hall–Kier alpha value is -0.610. The Kier molecular flexibility index (Phi) is 3.82. The molecule has 2 aliphatic heterocycles. The molecule has 0 radical (unpaired) electrons. The van der Waals surface area contributed by atoms with Gasteiger partial charge in [0.1, 0.15) is 0 Å². The summed E-state index contributed by atoms with van der Waals surface area (Å²) in [7, 11) is 2.17. The summed E-state index contributed by atoms with van der Waals surface area (Å²) < 4.78 is 0. The second-order valence-electron chi connectivity index (χ2n) is 5.35. The molecule has 4 nitrogen and oxygen atoms in total. The second kappa shape index (κ2) is 5.15. The first-order valence-electron chi connectivity index (χ1n) is 6.35. The monoisotopic (exact) mass is 225 g/mol. The topological polar surface area (TPSA) is 49.6 Å². The van der Waals surface area contributed by atoms with Crippen molar-refractivity contribution in [2.75, 3.05) is 39.8 Å². The molecule has 2 fully saturated rings. The van der Waals surface area contributed by atoms with Gasteiger partial charge in [-0.2, -0.15) is 0 Å². The third kappa shape index (κ3) is 2.74. The number of carbonyl (C=O) groups excluding carboxylic acids is 1. The van der Waals surface area contributed by atoms with Gasteiger partial charge in [-0.1, -0.05) is 0 Å². The van der Waals surface area contributed by atoms with Crippen LogP contribution in [0.2, 0.25) is 0 Å². The zero-order valence-corrected chi connectivity index (χ0v) is 10.2. The lowest BCUT2D eigenvalue weighted by Crippen LogP contribution is -2.37. The van der Waals surface area contributed by atoms with Crippen LogP contribution in [-0.4, -0.2) is 55.5 Å². The molecule has 2 rings (SSSR count). The Morgan fingerprint density at radius 3 is 2.56 bits per heavy atom. The summed E-state index contributed by atoms with van der Waals surface area (Å²) in [5.41, 5.74) is 5.62. The lowest BCUT2D eigenvalue weighted by atomic mass is 9.96. The number of nitrogens with zero attached hydrogens (tertiary/aromatic N) is 2. The summed E-state index contributed by atoms with van der Waals surface area (Å²) in [5, 5.41) is 0. The van der Waals surface area contributed by atoms with Crippen LogP contribution < -0.4 is 5.73 Å². The van der Waals surface area contributed by atoms with Crippen molar-refractivity contribution >= 4 is 5.91 Å². The smallest absolute Gasteiger partial charge is 0.222 e. The number of nitrogens with two attached hydrogens (primary N) is 1. The minimum absolute atomic E-state index is 0.314. The van der Waals surface area contributed by atoms with E-state index in [1.54, 1.807) is 0 Å². The Balaban J connectivity index is 1.79. The molecule has 0 saturated carbocycles. The molecule has 1 unspecified atom stereocenters. The van der Waals surface area contributed by atoms with Gasteiger partial charge in [0, 0.05) is 19.5 Å². The Morgan fingerprint density at radius 1 is 1.31 bits per heavy atom. The molecule has 0 spiro atoms. The predicted octanol–water partition coefficient (Wildman–Crippen LogP) is 0.135. The van der Waals surface area contributed by atoms with E-state index in [9.17, 15) is 4.79 Å². The molecule has 0 aliphatic carbocycles. The normalized spacial score (nSPS) is 29.0. The number of likely N-dealkylation sites (tertiary alicyclic amines) is 2. The summed E-state index contributed by atoms with van der Waals surface area (Å²) >= 11 is 0. The van der Waals surface area contributed by atoms with E-state index in [4.69, 9.17) is 5.73 Å². The SMILES string of the molecule is CN1CCC(CN2CC(CN)CC2=O)CC1. The summed E-state index contributed by atoms with van der Waals surface area (Å²) in [6.45, 7) is 4.85. The maximum atomic E-state index is 11.7. The van der Waals surface area contributed by atoms with Crippen LogP contribution in [-0.2, 0) is 4.79 Å². The molecule has 2 N–H and O–H groups in total. The van der Waals surface area contributed by atoms with Crippen LogP contribution in [0.25, 0.3) is 0 Å². The van der Waals surface area contributed by atoms with Crippen molar-refractivity contribution < 1.29 is 4.79 Å². The van der Waals surface area contributed by atoms with Crippen LogP contribution in [0.15, 0.2) is 0 Å². The molecule has 0 bridgehead atoms. The Bertz CT molecular complexity index is 249. The van der Waals surface area contributed by atoms with Crippen molar-refractivity contribution in [2.24, 2.45) is 17.6 Å². The van der Waals surface area contributed by atoms with Crippen LogP contribution >= 0.6 is 0 Å². The highest BCUT2D eigenvalue weighted by molar-refractivity contribution is 5.78. The fraction of sp³-hybridized carbons (Fsp3) is 0.917. The number of piperidine rings is 1. The first kappa shape index (κ1) is 11.9. The van der Waals surface area contributed by atoms with E-state index in [0.29, 0.717) is 30.7 Å². The molecule has 16 heavy (non-hydrogen) atoms. The van der Waals surface area contributed by atoms with Gasteiger partial charge in [-0.25, -0.2) is 0 Å². The molecular weight excluding hydrogens is 202 g/mol. The molecule has 0 aromatic rings. The summed E-state index contributed by atoms with van der Waals surface area (Å²) in [5.74, 6) is 1.42. The van der Waals surface area contributed by atoms with Crippen molar-refractivity contribution in [1.29, 1.82) is 0 Å². The van der Waals surface area contributed by atoms with E-state index < -0.39 is 0 Å². The Labute approximate surface area is 97.8 Å². The standard InChI is InChI=1S/C12H23N3O/c1-14-4-2-10(3-5-14)8-15-9-11(7-13)6-12(15)16/h10-11H,2-9,13H2,1H3. The quantitative estimate of drug-likeness (QED) is 0.743. The van der Waals surface area contributed by atoms with Crippen LogP contribution in [0.1, 0.15) is 19.3 Å². The lowest BCUT2D eigenvalue weighted by Gasteiger charge is -2.31. The highest BCUT2D eigenvalue weighted by Gasteiger charge is 2.30. The first-order valence-corrected chi connectivity index (χ1v) is 6.35. The lowest BCUT2D eigenvalue weighted by molar-refractivity contribution is -0.128. The van der Waals surface area contributed by atoms with E-state index in [1.165, 1.54) is 25.9 Å². The molecule has 92 valence electrons. The van der Waals surface area contributed by atoms with Crippen LogP contribution in [0, 0.1) is 11.8 Å². The van der Waals surface area contributed by atoms with E-state index in [2.05, 4.69) is 11.9 Å². The highest BCUT2D eigenvalue weighted by Crippen LogP contribution is 2.22. The van der Waals surface area contributed by atoms with Gasteiger partial charge in [0.2, 0.25) is 5.91 Å². The minimum atomic E-state index is 0.314. The van der Waals surface area contributed by atoms with Gasteiger partial charge in [0.05, 0.1) is 0 Å². The number of hydrogen-bond acceptors (Lipinski definition) is 3. The van der Waals surface area contributed by atoms with Crippen molar-refractivity contribution in [3.8, 4) is 0 Å². The fourth-order valence-corrected chi connectivity index (χ4v) is 2.74. The summed E-state index contributed by atoms with van der Waals surface area (Å²) in [4.78, 5) is 16.1. The summed E-state index contributed by atoms with van der Waals surface area (Å²) in [6.07, 6.45) is 3.13. The van der Waals surface area contributed by atoms with Gasteiger partial charge in [-0.3, -0.25) is 4.79 Å². The van der Waals surface area contributed by atoms with E-state index in [-0.39, 0.29) is 0 Å². The number of carbonyl (C=O) groups is 1. The molecule has 1 atom stereocenters. The predicted molar refractivity (Wildman–Crippen MR) is 64.0 cm³/mol. The van der Waals surface area contributed by atoms with Gasteiger partial charge < -0.3 is 15.5 Å². The molecule has 2 aliphatic rings. The Morgan fingerprint density at radius 2 is 2.00 bits per heavy atom. The molecule has 4 heteroatoms. The van der Waals surface area contributed by atoms with Crippen molar-refractivity contribution in [3.05, 3.63) is 0 Å². The first-order chi connectivity index (χ1) is 7.69. The van der Waals surface area contributed by atoms with Gasteiger partial charge in [-0.15, -0.1) is 0 Å². The molecule has 0 aromatic carbocycles. The molecule has 1 amide bonds. The molecule has 2 saturated heterocycles. The maximum Gasteiger partial charge on any atom is 0.222 e. The van der Waals surface area contributed by atoms with E-state index >= 15 is 0 Å². The van der Waals surface area contributed by atoms with Crippen LogP contribution in [0.3, 0.4) is 0 Å². The van der Waals surface area contributed by atoms with Crippen LogP contribution in [0.5, 0.6) is 0 Å². The zero-order valence-electron chi connectivity index (χ0n) is 10.2. The maximum absolute atomic E-state index is 11.7. The van der Waals surface area contributed by atoms with Crippen molar-refractivity contribution in [2.45, 2.75) is 19.3 Å². The number of amides is 1. The van der Waals surface area contributed by atoms with Gasteiger partial charge in [0.25, 0.3) is 0 Å². The van der Waals surface area contributed by atoms with Crippen molar-refractivity contribution in [3.63, 3.8) is 0 Å². The largest absolute Gasteiger partial charge is 0.342 e. The third-order valence-corrected chi connectivity index (χ3v) is 3.94. The van der Waals surface area contributed by atoms with Gasteiger partial charge in [-0.05, 0) is 51.4 Å². The van der Waals surface area contributed by atoms with E-state index in [0.717, 1.165) is 13.1 Å². The highest BCUT2D eigenvalue weighted by atomic mass is 16.2. The van der Waals surface area contributed by atoms with Crippen LogP contribution in [0.4, 0.5) is 0 Å². The fourth-order valence-electron chi connectivity index (χ4n) is 2.74. The summed E-state index contributed by atoms with van der Waals surface area (Å²) in [6, 6.07) is 0. The van der Waals surface area contributed by atoms with E-state index in [1.807, 2.05) is 4.90 Å². The average Bonchev–Trinajstić information content (AvgIpc) is 2.63. The van der Waals surface area contributed by atoms with Crippen molar-refractivity contribution in [1.82, 2.24) is 9.80 Å². The van der Waals surface area contributed by atoms with Gasteiger partial charge >= 0.3 is 0 Å². The number of hydrogen-bond donors (Lipinski definition) is 1. The second-order valence-corrected chi connectivity index (χ2v) is 5.35. The number of rotatable bonds is 3. The zero-order chi connectivity index (χ0) is 11.5.